The van der Waals surface area contributed by atoms with Crippen LogP contribution in [0.3, 0.4) is 0 Å². The third-order valence-corrected chi connectivity index (χ3v) is 6.45. The molecule has 0 fully saturated rings. The van der Waals surface area contributed by atoms with Crippen LogP contribution in [0.25, 0.3) is 0 Å². The van der Waals surface area contributed by atoms with Gasteiger partial charge < -0.3 is 46.8 Å². The third-order valence-electron chi connectivity index (χ3n) is 5.66. The number of carboxylic acid groups (broad SMARTS) is 1. The van der Waals surface area contributed by atoms with Gasteiger partial charge in [0, 0.05) is 18.2 Å². The smallest absolute Gasteiger partial charge is 1.00 e. The van der Waals surface area contributed by atoms with Gasteiger partial charge in [-0.15, -0.1) is 0 Å². The number of nitrogens with zero attached hydrogens (tertiary/aromatic N) is 3. The Labute approximate surface area is 684 Å². The third kappa shape index (κ3) is 35.8. The molecule has 3 amide bonds. The average Bonchev–Trinajstić information content (AvgIpc) is 3.19. The normalized spacial score (nSPS) is 7.84. The van der Waals surface area contributed by atoms with Crippen molar-refractivity contribution in [2.45, 2.75) is 55.4 Å². The molecule has 4 rings (SSSR count). The van der Waals surface area contributed by atoms with Gasteiger partial charge in [0.1, 0.15) is 10.0 Å². The Morgan fingerprint density at radius 2 is 0.734 bits per heavy atom. The number of carboxylic acids is 1. The molecule has 0 aliphatic carbocycles. The second-order valence-electron chi connectivity index (χ2n) is 8.86. The van der Waals surface area contributed by atoms with Gasteiger partial charge in [0.15, 0.2) is 5.75 Å². The van der Waals surface area contributed by atoms with Gasteiger partial charge in [-0.3, -0.25) is 44.7 Å². The molecule has 28 heteroatoms. The zero-order chi connectivity index (χ0) is 46.5. The first-order chi connectivity index (χ1) is 27.2. The number of halogens is 2. The average molecular weight is 1380 g/mol. The van der Waals surface area contributed by atoms with Crippen molar-refractivity contribution >= 4 is 69.6 Å². The maximum Gasteiger partial charge on any atom is 1.00 e. The van der Waals surface area contributed by atoms with Crippen molar-refractivity contribution in [3.63, 3.8) is 0 Å². The van der Waals surface area contributed by atoms with Gasteiger partial charge >= 0.3 is 361 Å². The van der Waals surface area contributed by atoms with Crippen LogP contribution in [-0.2, 0) is 0 Å². The van der Waals surface area contributed by atoms with E-state index in [1.807, 2.05) is 55.4 Å². The minimum Gasteiger partial charge on any atom is -1.00 e. The molecule has 0 spiro atoms. The molecule has 4 aromatic rings. The summed E-state index contributed by atoms with van der Waals surface area (Å²) in [5.41, 5.74) is 18.4. The minimum absolute atomic E-state index is 0. The van der Waals surface area contributed by atoms with Crippen LogP contribution >= 0.6 is 23.2 Å². The molecule has 0 saturated heterocycles. The number of rotatable bonds is 7. The molecule has 0 saturated carbocycles. The molecule has 11 N–H and O–H groups in total. The number of nitro groups is 3. The summed E-state index contributed by atoms with van der Waals surface area (Å²) in [6, 6.07) is 15.5. The summed E-state index contributed by atoms with van der Waals surface area (Å²) in [6.45, 7) is 16.0. The summed E-state index contributed by atoms with van der Waals surface area (Å²) in [4.78, 5) is 71.2. The molecule has 0 unspecified atom stereocenters. The second-order valence-corrected chi connectivity index (χ2v) is 9.62. The van der Waals surface area contributed by atoms with Crippen molar-refractivity contribution in [3.05, 3.63) is 135 Å². The number of nitro benzene ring substituents is 3. The molecule has 64 heavy (non-hydrogen) atoms. The fraction of sp³-hybridized carbons (Fsp3) is 0.222. The van der Waals surface area contributed by atoms with Gasteiger partial charge in [-0.05, 0) is 30.3 Å². The summed E-state index contributed by atoms with van der Waals surface area (Å²) in [7, 11) is 0. The number of phenols is 2. The fourth-order valence-corrected chi connectivity index (χ4v) is 3.88. The van der Waals surface area contributed by atoms with Crippen LogP contribution in [-0.4, -0.2) is 53.8 Å². The van der Waals surface area contributed by atoms with Gasteiger partial charge in [0.2, 0.25) is 11.7 Å². The van der Waals surface area contributed by atoms with Crippen LogP contribution in [0.15, 0.2) is 72.8 Å². The van der Waals surface area contributed by atoms with Crippen molar-refractivity contribution in [2.24, 2.45) is 17.2 Å². The van der Waals surface area contributed by atoms with Crippen molar-refractivity contribution in [1.82, 2.24) is 0 Å². The number of aromatic carboxylic acids is 1. The first-order valence-corrected chi connectivity index (χ1v) is 17.5. The molecule has 0 aliphatic rings. The number of anilines is 1. The van der Waals surface area contributed by atoms with E-state index in [0.29, 0.717) is 0 Å². The van der Waals surface area contributed by atoms with Gasteiger partial charge in [0.05, 0.1) is 42.7 Å². The number of para-hydroxylation sites is 2. The summed E-state index contributed by atoms with van der Waals surface area (Å²) in [6.07, 6.45) is 0. The largest absolute Gasteiger partial charge is 1.00 e. The summed E-state index contributed by atoms with van der Waals surface area (Å²) < 4.78 is 0. The van der Waals surface area contributed by atoms with Crippen molar-refractivity contribution in [3.8, 4) is 11.5 Å². The zero-order valence-corrected chi connectivity index (χ0v) is 69.8. The zero-order valence-electron chi connectivity index (χ0n) is 44.8. The summed E-state index contributed by atoms with van der Waals surface area (Å²) in [5, 5.41) is 57.3. The molecule has 330 valence electrons. The Morgan fingerprint density at radius 1 is 0.484 bits per heavy atom. The van der Waals surface area contributed by atoms with E-state index in [0.717, 1.165) is 12.1 Å². The van der Waals surface area contributed by atoms with E-state index < -0.39 is 55.6 Å². The predicted molar refractivity (Wildman–Crippen MR) is 228 cm³/mol. The number of benzene rings is 4. The van der Waals surface area contributed by atoms with E-state index in [1.54, 1.807) is 6.07 Å². The first-order valence-electron chi connectivity index (χ1n) is 16.8. The SMILES string of the molecule is CC.CC.CC.CC.NC(=O)c1cccc(N)c1O.NC(=O)c1cccc([N+](=O)[O-])c1Cl.NC(=O)c1cccc([N+](=O)[O-])c1O.O=C(O)c1cccc([N+](=O)[O-])c1Cl.[H-].[H-].[H-].[H-].[H-].[H-].[Rb+].[Rb+].[Rb+].[Rb+].[Rb+].[Rb+]. The number of carbonyl (C=O) groups excluding carboxylic acids is 3. The molecular formula is C36H53Cl2N7O13Rb6. The number of amides is 3. The number of carbonyl (C=O) groups is 4. The second kappa shape index (κ2) is 54.5. The van der Waals surface area contributed by atoms with Crippen LogP contribution in [0.4, 0.5) is 22.7 Å². The maximum absolute atomic E-state index is 10.7. The number of hydrogen-bond donors (Lipinski definition) is 7. The number of nitrogens with two attached hydrogens (primary N) is 4. The molecular weight excluding hydrogens is 1320 g/mol. The van der Waals surface area contributed by atoms with Crippen molar-refractivity contribution < 1.29 is 407 Å². The predicted octanol–water partition coefficient (Wildman–Crippen LogP) is -9.43. The van der Waals surface area contributed by atoms with Gasteiger partial charge in [-0.25, -0.2) is 4.79 Å². The van der Waals surface area contributed by atoms with Crippen molar-refractivity contribution in [1.29, 1.82) is 0 Å². The molecule has 0 aliphatic heterocycles. The van der Waals surface area contributed by atoms with E-state index in [9.17, 15) is 54.6 Å². The Bertz CT molecular complexity index is 1780. The van der Waals surface area contributed by atoms with Gasteiger partial charge in [-0.2, -0.15) is 0 Å². The fourth-order valence-electron chi connectivity index (χ4n) is 3.31. The van der Waals surface area contributed by atoms with Crippen LogP contribution in [0.1, 0.15) is 105 Å². The molecule has 20 nitrogen and oxygen atoms in total. The Hall–Kier alpha value is 3.77. The maximum atomic E-state index is 10.7. The van der Waals surface area contributed by atoms with Gasteiger partial charge in [-0.1, -0.05) is 103 Å². The molecule has 0 bridgehead atoms. The van der Waals surface area contributed by atoms with Crippen LogP contribution < -0.4 is 372 Å². The number of hydrogen-bond acceptors (Lipinski definition) is 13. The van der Waals surface area contributed by atoms with Crippen LogP contribution in [0, 0.1) is 30.3 Å². The van der Waals surface area contributed by atoms with E-state index >= 15 is 0 Å². The monoisotopic (exact) mass is 1370 g/mol. The molecule has 4 aromatic carbocycles. The number of primary amides is 3. The van der Waals surface area contributed by atoms with Crippen LogP contribution in [0.5, 0.6) is 11.5 Å². The molecule has 0 radical (unpaired) electrons. The summed E-state index contributed by atoms with van der Waals surface area (Å²) in [5.74, 6) is -4.60. The Kier molecular flexibility index (Phi) is 77.2. The number of aromatic hydroxyl groups is 2. The van der Waals surface area contributed by atoms with E-state index in [2.05, 4.69) is 0 Å². The number of nitrogen functional groups attached to an aromatic ring is 1. The van der Waals surface area contributed by atoms with Gasteiger partial charge in [0.25, 0.3) is 23.2 Å². The Morgan fingerprint density at radius 3 is 1.02 bits per heavy atom. The summed E-state index contributed by atoms with van der Waals surface area (Å²) >= 11 is 11.0. The molecule has 0 aromatic heterocycles. The van der Waals surface area contributed by atoms with E-state index in [1.165, 1.54) is 54.6 Å². The van der Waals surface area contributed by atoms with Crippen molar-refractivity contribution in [2.75, 3.05) is 5.73 Å². The van der Waals surface area contributed by atoms with E-state index in [-0.39, 0.29) is 407 Å². The standard InChI is InChI=1S/C7H5ClN2O3.C7H4ClNO4.C7H6N2O4.C7H8N2O2.4C2H6.6Rb.6H/c8-6-4(7(9)11)2-1-3-5(6)10(12)13;8-6-4(7(10)11)2-1-3-5(6)9(12)13;8-7(11)4-2-1-3-5(6(4)10)9(12)13;8-5-3-1-2-4(6(5)10)7(9)11;4*1-2;;;;;;;;;;;;/h1-3H,(H2,9,11);1-3H,(H,10,11);1-3,10H,(H2,8,11);1-3,10H,8H2,(H2,9,11);4*1-2H3;;;;;;;;;;;;/q;;;;;;;;6*+1;6*-1. The van der Waals surface area contributed by atoms with E-state index in [4.69, 9.17) is 56.3 Å². The molecule has 0 heterocycles. The van der Waals surface area contributed by atoms with Crippen LogP contribution in [0.2, 0.25) is 10.0 Å². The first kappa shape index (κ1) is 90.5. The molecule has 0 atom stereocenters. The topological polar surface area (TPSA) is 362 Å². The minimum atomic E-state index is -1.28. The quantitative estimate of drug-likeness (QED) is 0.0391. The Balaban J connectivity index is -0.0000000359.